The molecule has 2 nitrogen and oxygen atoms in total. The molecule has 0 bridgehead atoms. The lowest BCUT2D eigenvalue weighted by Crippen LogP contribution is -1.93. The number of rotatable bonds is 13. The molecule has 0 N–H and O–H groups in total. The van der Waals surface area contributed by atoms with Gasteiger partial charge in [-0.05, 0) is 63.2 Å². The van der Waals surface area contributed by atoms with Crippen molar-refractivity contribution < 1.29 is 9.47 Å². The van der Waals surface area contributed by atoms with Gasteiger partial charge in [-0.1, -0.05) is 55.0 Å². The van der Waals surface area contributed by atoms with Crippen LogP contribution in [0.25, 0.3) is 0 Å². The molecule has 1 aromatic carbocycles. The summed E-state index contributed by atoms with van der Waals surface area (Å²) in [6.45, 7) is 8.51. The number of hydrogen-bond donors (Lipinski definition) is 0. The molecular formula is C23H34O2. The second-order valence-corrected chi connectivity index (χ2v) is 6.72. The van der Waals surface area contributed by atoms with Crippen LogP contribution in [0.4, 0.5) is 0 Å². The highest BCUT2D eigenvalue weighted by Crippen LogP contribution is 2.14. The molecule has 0 heterocycles. The highest BCUT2D eigenvalue weighted by Gasteiger charge is 1.99. The van der Waals surface area contributed by atoms with Gasteiger partial charge in [0.25, 0.3) is 0 Å². The summed E-state index contributed by atoms with van der Waals surface area (Å²) in [6, 6.07) is 10.2. The predicted octanol–water partition coefficient (Wildman–Crippen LogP) is 6.45. The molecule has 138 valence electrons. The Bertz CT molecular complexity index is 510. The second-order valence-electron chi connectivity index (χ2n) is 6.72. The lowest BCUT2D eigenvalue weighted by atomic mass is 9.99. The normalized spacial score (nSPS) is 12.6. The first-order valence-electron chi connectivity index (χ1n) is 9.35. The van der Waals surface area contributed by atoms with Crippen molar-refractivity contribution in [3.05, 3.63) is 72.0 Å². The monoisotopic (exact) mass is 342 g/mol. The zero-order valence-electron chi connectivity index (χ0n) is 16.1. The maximum atomic E-state index is 5.57. The molecular weight excluding hydrogens is 308 g/mol. The molecule has 0 aliphatic rings. The first-order valence-corrected chi connectivity index (χ1v) is 9.35. The summed E-state index contributed by atoms with van der Waals surface area (Å²) in [6.07, 6.45) is 15.0. The van der Waals surface area contributed by atoms with Crippen molar-refractivity contribution in [3.63, 3.8) is 0 Å². The van der Waals surface area contributed by atoms with Crippen molar-refractivity contribution in [3.8, 4) is 0 Å². The van der Waals surface area contributed by atoms with Gasteiger partial charge in [0.1, 0.15) is 6.61 Å². The Labute approximate surface area is 154 Å². The molecule has 0 aliphatic carbocycles. The van der Waals surface area contributed by atoms with Crippen molar-refractivity contribution in [1.29, 1.82) is 0 Å². The Balaban J connectivity index is 1.94. The van der Waals surface area contributed by atoms with E-state index in [1.54, 1.807) is 0 Å². The third-order valence-electron chi connectivity index (χ3n) is 3.92. The molecule has 0 amide bonds. The summed E-state index contributed by atoms with van der Waals surface area (Å²) in [5.41, 5.74) is 2.61. The van der Waals surface area contributed by atoms with Gasteiger partial charge in [-0.2, -0.15) is 0 Å². The summed E-state index contributed by atoms with van der Waals surface area (Å²) < 4.78 is 11.0. The van der Waals surface area contributed by atoms with Gasteiger partial charge in [0, 0.05) is 0 Å². The topological polar surface area (TPSA) is 18.5 Å². The van der Waals surface area contributed by atoms with E-state index in [0.29, 0.717) is 19.8 Å². The summed E-state index contributed by atoms with van der Waals surface area (Å²) in [4.78, 5) is 0. The Morgan fingerprint density at radius 3 is 2.44 bits per heavy atom. The molecule has 1 unspecified atom stereocenters. The lowest BCUT2D eigenvalue weighted by Gasteiger charge is -2.07. The average molecular weight is 343 g/mol. The van der Waals surface area contributed by atoms with E-state index >= 15 is 0 Å². The molecule has 0 aliphatic heterocycles. The number of benzene rings is 1. The molecule has 1 atom stereocenters. The van der Waals surface area contributed by atoms with E-state index < -0.39 is 0 Å². The molecule has 25 heavy (non-hydrogen) atoms. The van der Waals surface area contributed by atoms with Crippen molar-refractivity contribution in [1.82, 2.24) is 0 Å². The smallest absolute Gasteiger partial charge is 0.106 e. The Hall–Kier alpha value is -1.80. The summed E-state index contributed by atoms with van der Waals surface area (Å²) >= 11 is 0. The van der Waals surface area contributed by atoms with E-state index in [0.717, 1.165) is 12.3 Å². The van der Waals surface area contributed by atoms with Crippen LogP contribution >= 0.6 is 0 Å². The van der Waals surface area contributed by atoms with E-state index in [2.05, 4.69) is 45.1 Å². The van der Waals surface area contributed by atoms with Gasteiger partial charge in [0.05, 0.1) is 19.5 Å². The fraction of sp³-hybridized carbons (Fsp3) is 0.478. The highest BCUT2D eigenvalue weighted by molar-refractivity contribution is 5.13. The number of allylic oxidation sites excluding steroid dienone is 3. The predicted molar refractivity (Wildman–Crippen MR) is 107 cm³/mol. The molecule has 0 saturated heterocycles. The van der Waals surface area contributed by atoms with Crippen LogP contribution in [0.15, 0.2) is 66.5 Å². The molecule has 1 aromatic rings. The second kappa shape index (κ2) is 14.5. The summed E-state index contributed by atoms with van der Waals surface area (Å²) in [7, 11) is 0. The van der Waals surface area contributed by atoms with Gasteiger partial charge in [-0.15, -0.1) is 0 Å². The van der Waals surface area contributed by atoms with E-state index in [1.807, 2.05) is 36.6 Å². The maximum Gasteiger partial charge on any atom is 0.106 e. The van der Waals surface area contributed by atoms with Crippen LogP contribution in [0.2, 0.25) is 0 Å². The van der Waals surface area contributed by atoms with E-state index in [4.69, 9.17) is 9.47 Å². The zero-order valence-corrected chi connectivity index (χ0v) is 16.1. The van der Waals surface area contributed by atoms with Gasteiger partial charge >= 0.3 is 0 Å². The highest BCUT2D eigenvalue weighted by atomic mass is 16.5. The quantitative estimate of drug-likeness (QED) is 0.233. The minimum absolute atomic E-state index is 0.599. The number of hydrogen-bond acceptors (Lipinski definition) is 2. The Morgan fingerprint density at radius 2 is 1.68 bits per heavy atom. The van der Waals surface area contributed by atoms with E-state index in [1.165, 1.54) is 30.4 Å². The van der Waals surface area contributed by atoms with Crippen molar-refractivity contribution in [2.24, 2.45) is 5.92 Å². The van der Waals surface area contributed by atoms with Crippen LogP contribution in [-0.2, 0) is 16.1 Å². The van der Waals surface area contributed by atoms with Crippen LogP contribution in [-0.4, -0.2) is 13.2 Å². The van der Waals surface area contributed by atoms with Gasteiger partial charge in [0.15, 0.2) is 0 Å². The van der Waals surface area contributed by atoms with Crippen molar-refractivity contribution >= 4 is 0 Å². The Morgan fingerprint density at radius 1 is 0.960 bits per heavy atom. The fourth-order valence-corrected chi connectivity index (χ4v) is 2.38. The SMILES string of the molecule is CC(C)=CCCC(C)CC/C=C/OC/C=C/COCc1ccccc1. The standard InChI is InChI=1S/C23H34O2/c1-21(2)12-11-14-22(3)13-7-8-17-24-18-9-10-19-25-20-23-15-5-4-6-16-23/h4-6,8-10,12,15-17,22H,7,11,13-14,18-20H2,1-3H3/b10-9+,17-8+. The van der Waals surface area contributed by atoms with Crippen LogP contribution in [0, 0.1) is 5.92 Å². The minimum atomic E-state index is 0.599. The van der Waals surface area contributed by atoms with Crippen molar-refractivity contribution in [2.45, 2.75) is 53.1 Å². The molecule has 0 radical (unpaired) electrons. The maximum absolute atomic E-state index is 5.57. The molecule has 0 saturated carbocycles. The van der Waals surface area contributed by atoms with E-state index in [9.17, 15) is 0 Å². The summed E-state index contributed by atoms with van der Waals surface area (Å²) in [5.74, 6) is 0.766. The van der Waals surface area contributed by atoms with Crippen LogP contribution in [0.1, 0.15) is 52.0 Å². The lowest BCUT2D eigenvalue weighted by molar-refractivity contribution is 0.148. The zero-order chi connectivity index (χ0) is 18.2. The van der Waals surface area contributed by atoms with Gasteiger partial charge < -0.3 is 9.47 Å². The molecule has 0 aromatic heterocycles. The van der Waals surface area contributed by atoms with Crippen LogP contribution in [0.3, 0.4) is 0 Å². The van der Waals surface area contributed by atoms with E-state index in [-0.39, 0.29) is 0 Å². The number of ether oxygens (including phenoxy) is 2. The largest absolute Gasteiger partial charge is 0.497 e. The molecule has 2 heteroatoms. The molecule has 0 spiro atoms. The fourth-order valence-electron chi connectivity index (χ4n) is 2.38. The minimum Gasteiger partial charge on any atom is -0.497 e. The van der Waals surface area contributed by atoms with Crippen LogP contribution in [0.5, 0.6) is 0 Å². The molecule has 0 fully saturated rings. The third kappa shape index (κ3) is 13.2. The average Bonchev–Trinajstić information content (AvgIpc) is 2.60. The first-order chi connectivity index (χ1) is 12.2. The van der Waals surface area contributed by atoms with Gasteiger partial charge in [0.2, 0.25) is 0 Å². The Kier molecular flexibility index (Phi) is 12.4. The molecule has 1 rings (SSSR count). The van der Waals surface area contributed by atoms with Gasteiger partial charge in [-0.25, -0.2) is 0 Å². The van der Waals surface area contributed by atoms with Gasteiger partial charge in [-0.3, -0.25) is 0 Å². The van der Waals surface area contributed by atoms with Crippen molar-refractivity contribution in [2.75, 3.05) is 13.2 Å². The van der Waals surface area contributed by atoms with Crippen LogP contribution < -0.4 is 0 Å². The third-order valence-corrected chi connectivity index (χ3v) is 3.92. The first kappa shape index (κ1) is 21.2. The summed E-state index contributed by atoms with van der Waals surface area (Å²) in [5, 5.41) is 0.